The van der Waals surface area contributed by atoms with Crippen molar-refractivity contribution in [1.82, 2.24) is 14.3 Å². The van der Waals surface area contributed by atoms with Crippen LogP contribution in [0.4, 0.5) is 20.0 Å². The summed E-state index contributed by atoms with van der Waals surface area (Å²) in [7, 11) is 2.00. The molecule has 3 aromatic heterocycles. The number of aliphatic carboxylic acids is 1. The quantitative estimate of drug-likeness (QED) is 0.222. The minimum atomic E-state index is -0.868. The van der Waals surface area contributed by atoms with E-state index in [0.29, 0.717) is 19.5 Å². The van der Waals surface area contributed by atoms with Crippen LogP contribution in [-0.4, -0.2) is 57.2 Å². The normalized spacial score (nSPS) is 14.3. The molecule has 0 unspecified atom stereocenters. The Morgan fingerprint density at radius 3 is 2.47 bits per heavy atom. The lowest BCUT2D eigenvalue weighted by atomic mass is 9.90. The highest BCUT2D eigenvalue weighted by Gasteiger charge is 2.29. The molecule has 228 valence electrons. The summed E-state index contributed by atoms with van der Waals surface area (Å²) in [5.41, 5.74) is 5.27. The second kappa shape index (κ2) is 12.4. The number of carbonyl (C=O) groups is 2. The van der Waals surface area contributed by atoms with Gasteiger partial charge in [-0.05, 0) is 86.4 Å². The van der Waals surface area contributed by atoms with Gasteiger partial charge in [0.25, 0.3) is 0 Å². The molecule has 4 aromatic rings. The van der Waals surface area contributed by atoms with Gasteiger partial charge in [0.1, 0.15) is 27.9 Å². The molecule has 1 aromatic carbocycles. The largest absolute Gasteiger partial charge is 0.481 e. The number of aromatic nitrogens is 2. The number of amides is 1. The predicted molar refractivity (Wildman–Crippen MR) is 168 cm³/mol. The van der Waals surface area contributed by atoms with Crippen LogP contribution < -0.4 is 4.90 Å². The van der Waals surface area contributed by atoms with Gasteiger partial charge < -0.3 is 19.6 Å². The number of hydrogen-bond acceptors (Lipinski definition) is 6. The van der Waals surface area contributed by atoms with Crippen molar-refractivity contribution in [3.05, 3.63) is 70.6 Å². The van der Waals surface area contributed by atoms with Crippen LogP contribution in [0, 0.1) is 5.82 Å². The Labute approximate surface area is 255 Å². The van der Waals surface area contributed by atoms with Crippen LogP contribution in [0.15, 0.2) is 48.0 Å². The first-order chi connectivity index (χ1) is 20.4. The standard InChI is InChI=1S/C33H39FN4O4S/c1-6-25-26(22-7-10-24(34)11-8-22)20-43-31(25)36(5)30-27(12-14-29(39)40)35-28-13-9-23(19-38(28)30)21-15-17-37(18-16-21)32(41)42-33(2,3)4/h7-11,13,19-21H,6,12,14-18H2,1-5H3,(H,39,40). The van der Waals surface area contributed by atoms with Gasteiger partial charge in [0, 0.05) is 38.1 Å². The van der Waals surface area contributed by atoms with Crippen molar-refractivity contribution >= 4 is 39.9 Å². The van der Waals surface area contributed by atoms with E-state index in [0.717, 1.165) is 63.7 Å². The van der Waals surface area contributed by atoms with Crippen molar-refractivity contribution in [3.63, 3.8) is 0 Å². The van der Waals surface area contributed by atoms with Crippen LogP contribution >= 0.6 is 11.3 Å². The summed E-state index contributed by atoms with van der Waals surface area (Å²) in [5, 5.41) is 12.6. The molecule has 0 saturated carbocycles. The van der Waals surface area contributed by atoms with Crippen LogP contribution in [0.5, 0.6) is 0 Å². The number of carbonyl (C=O) groups excluding carboxylic acids is 1. The van der Waals surface area contributed by atoms with E-state index in [1.54, 1.807) is 28.4 Å². The lowest BCUT2D eigenvalue weighted by molar-refractivity contribution is -0.136. The Morgan fingerprint density at radius 2 is 1.84 bits per heavy atom. The van der Waals surface area contributed by atoms with Gasteiger partial charge >= 0.3 is 12.1 Å². The molecule has 4 heterocycles. The number of rotatable bonds is 8. The second-order valence-electron chi connectivity index (χ2n) is 12.1. The molecule has 1 saturated heterocycles. The van der Waals surface area contributed by atoms with Crippen molar-refractivity contribution in [2.24, 2.45) is 0 Å². The fraction of sp³-hybridized carbons (Fsp3) is 0.424. The number of aryl methyl sites for hydroxylation is 1. The molecule has 0 radical (unpaired) electrons. The van der Waals surface area contributed by atoms with E-state index < -0.39 is 11.6 Å². The van der Waals surface area contributed by atoms with Gasteiger partial charge in [-0.2, -0.15) is 0 Å². The summed E-state index contributed by atoms with van der Waals surface area (Å²) in [4.78, 5) is 32.9. The lowest BCUT2D eigenvalue weighted by Gasteiger charge is -2.33. The zero-order valence-corrected chi connectivity index (χ0v) is 26.2. The third-order valence-electron chi connectivity index (χ3n) is 7.88. The van der Waals surface area contributed by atoms with Gasteiger partial charge in [-0.1, -0.05) is 25.1 Å². The van der Waals surface area contributed by atoms with Gasteiger partial charge in [0.2, 0.25) is 0 Å². The van der Waals surface area contributed by atoms with Crippen LogP contribution in [0.25, 0.3) is 16.8 Å². The summed E-state index contributed by atoms with van der Waals surface area (Å²) in [5.74, 6) is -0.0304. The molecular formula is C33H39FN4O4S. The summed E-state index contributed by atoms with van der Waals surface area (Å²) in [6.45, 7) is 8.98. The average molecular weight is 607 g/mol. The number of pyridine rings is 1. The second-order valence-corrected chi connectivity index (χ2v) is 12.9. The number of piperidine rings is 1. The zero-order chi connectivity index (χ0) is 30.9. The van der Waals surface area contributed by atoms with Gasteiger partial charge in [-0.3, -0.25) is 9.20 Å². The van der Waals surface area contributed by atoms with Gasteiger partial charge in [-0.25, -0.2) is 14.2 Å². The first-order valence-corrected chi connectivity index (χ1v) is 15.6. The fourth-order valence-corrected chi connectivity index (χ4v) is 6.92. The number of fused-ring (bicyclic) bond motifs is 1. The van der Waals surface area contributed by atoms with Crippen LogP contribution in [-0.2, 0) is 22.4 Å². The molecule has 0 spiro atoms. The molecule has 8 nitrogen and oxygen atoms in total. The summed E-state index contributed by atoms with van der Waals surface area (Å²) >= 11 is 1.61. The molecule has 10 heteroatoms. The topological polar surface area (TPSA) is 87.4 Å². The Hall–Kier alpha value is -3.92. The number of halogens is 1. The predicted octanol–water partition coefficient (Wildman–Crippen LogP) is 7.66. The third kappa shape index (κ3) is 6.69. The smallest absolute Gasteiger partial charge is 0.410 e. The van der Waals surface area contributed by atoms with Crippen molar-refractivity contribution in [2.45, 2.75) is 71.3 Å². The molecule has 1 fully saturated rings. The van der Waals surface area contributed by atoms with Gasteiger partial charge in [0.15, 0.2) is 0 Å². The number of likely N-dealkylation sites (tertiary alicyclic amines) is 1. The number of carboxylic acid groups (broad SMARTS) is 1. The molecule has 1 amide bonds. The van der Waals surface area contributed by atoms with Crippen molar-refractivity contribution < 1.29 is 23.8 Å². The number of hydrogen-bond donors (Lipinski definition) is 1. The molecule has 0 atom stereocenters. The van der Waals surface area contributed by atoms with E-state index in [4.69, 9.17) is 9.72 Å². The summed E-state index contributed by atoms with van der Waals surface area (Å²) < 4.78 is 21.3. The minimum Gasteiger partial charge on any atom is -0.481 e. The highest BCUT2D eigenvalue weighted by Crippen LogP contribution is 2.42. The SMILES string of the molecule is CCc1c(-c2ccc(F)cc2)csc1N(C)c1c(CCC(=O)O)nc2ccc(C3CCN(C(=O)OC(C)(C)C)CC3)cn12. The summed E-state index contributed by atoms with van der Waals surface area (Å²) in [6.07, 6.45) is 4.55. The molecule has 1 N–H and O–H groups in total. The highest BCUT2D eigenvalue weighted by atomic mass is 32.1. The van der Waals surface area contributed by atoms with Crippen molar-refractivity contribution in [2.75, 3.05) is 25.0 Å². The Bertz CT molecular complexity index is 1610. The minimum absolute atomic E-state index is 0.0212. The molecule has 0 aliphatic carbocycles. The Balaban J connectivity index is 1.48. The average Bonchev–Trinajstić information content (AvgIpc) is 3.56. The molecule has 1 aliphatic rings. The van der Waals surface area contributed by atoms with E-state index in [-0.39, 0.29) is 24.2 Å². The first kappa shape index (κ1) is 30.5. The monoisotopic (exact) mass is 606 g/mol. The maximum absolute atomic E-state index is 13.6. The molecule has 0 bridgehead atoms. The molecule has 5 rings (SSSR count). The van der Waals surface area contributed by atoms with Gasteiger partial charge in [-0.15, -0.1) is 11.3 Å². The van der Waals surface area contributed by atoms with E-state index in [2.05, 4.69) is 33.9 Å². The third-order valence-corrected chi connectivity index (χ3v) is 8.98. The van der Waals surface area contributed by atoms with Crippen LogP contribution in [0.3, 0.4) is 0 Å². The number of imidazole rings is 1. The number of nitrogens with zero attached hydrogens (tertiary/aromatic N) is 4. The maximum Gasteiger partial charge on any atom is 0.410 e. The van der Waals surface area contributed by atoms with Gasteiger partial charge in [0.05, 0.1) is 12.1 Å². The van der Waals surface area contributed by atoms with Crippen molar-refractivity contribution in [3.8, 4) is 11.1 Å². The fourth-order valence-electron chi connectivity index (χ4n) is 5.77. The molecular weight excluding hydrogens is 567 g/mol. The van der Waals surface area contributed by atoms with Crippen molar-refractivity contribution in [1.29, 1.82) is 0 Å². The Morgan fingerprint density at radius 1 is 1.14 bits per heavy atom. The number of ether oxygens (including phenoxy) is 1. The summed E-state index contributed by atoms with van der Waals surface area (Å²) in [6, 6.07) is 10.6. The molecule has 1 aliphatic heterocycles. The zero-order valence-electron chi connectivity index (χ0n) is 25.4. The van der Waals surface area contributed by atoms with Crippen LogP contribution in [0.2, 0.25) is 0 Å². The van der Waals surface area contributed by atoms with E-state index in [9.17, 15) is 19.1 Å². The number of thiophene rings is 1. The van der Waals surface area contributed by atoms with E-state index in [1.807, 2.05) is 33.9 Å². The van der Waals surface area contributed by atoms with Crippen LogP contribution in [0.1, 0.15) is 69.7 Å². The van der Waals surface area contributed by atoms with E-state index in [1.165, 1.54) is 12.1 Å². The maximum atomic E-state index is 13.6. The highest BCUT2D eigenvalue weighted by molar-refractivity contribution is 7.15. The Kier molecular flexibility index (Phi) is 8.78. The number of benzene rings is 1. The van der Waals surface area contributed by atoms with E-state index >= 15 is 0 Å². The first-order valence-electron chi connectivity index (χ1n) is 14.8. The number of anilines is 2. The lowest BCUT2D eigenvalue weighted by Crippen LogP contribution is -2.41. The number of carboxylic acids is 1. The molecule has 43 heavy (non-hydrogen) atoms.